The third kappa shape index (κ3) is 4.74. The van der Waals surface area contributed by atoms with Gasteiger partial charge in [0.25, 0.3) is 5.56 Å². The highest BCUT2D eigenvalue weighted by Gasteiger charge is 2.47. The SMILES string of the molecule is N#CCn1c(N2CC(O)(c3ncccn3)C2)c(-c2ccc(F)c(Cl)c2)c(=O)n(-c2cncc(OC(F)F)n2)c1=O. The minimum absolute atomic E-state index is 0.0613. The minimum atomic E-state index is -3.26. The van der Waals surface area contributed by atoms with Crippen LogP contribution in [0.25, 0.3) is 16.9 Å². The molecular weight excluding hydrogens is 557 g/mol. The zero-order valence-electron chi connectivity index (χ0n) is 20.1. The lowest BCUT2D eigenvalue weighted by Gasteiger charge is -2.47. The first kappa shape index (κ1) is 26.8. The molecule has 0 aliphatic carbocycles. The Morgan fingerprint density at radius 2 is 1.93 bits per heavy atom. The summed E-state index contributed by atoms with van der Waals surface area (Å²) in [7, 11) is 0. The Kier molecular flexibility index (Phi) is 6.96. The van der Waals surface area contributed by atoms with E-state index in [0.717, 1.165) is 29.1 Å². The first-order valence-electron chi connectivity index (χ1n) is 11.4. The van der Waals surface area contributed by atoms with Gasteiger partial charge in [-0.25, -0.2) is 23.7 Å². The summed E-state index contributed by atoms with van der Waals surface area (Å²) in [6.07, 6.45) is 4.70. The van der Waals surface area contributed by atoms with Gasteiger partial charge in [0.1, 0.15) is 18.2 Å². The van der Waals surface area contributed by atoms with Crippen molar-refractivity contribution in [3.63, 3.8) is 0 Å². The van der Waals surface area contributed by atoms with Gasteiger partial charge in [-0.3, -0.25) is 14.3 Å². The Hall–Kier alpha value is -4.81. The summed E-state index contributed by atoms with van der Waals surface area (Å²) in [6, 6.07) is 6.80. The zero-order valence-corrected chi connectivity index (χ0v) is 20.8. The second-order valence-electron chi connectivity index (χ2n) is 8.55. The number of hydrogen-bond acceptors (Lipinski definition) is 10. The molecule has 0 unspecified atom stereocenters. The van der Waals surface area contributed by atoms with Gasteiger partial charge in [-0.15, -0.1) is 0 Å². The van der Waals surface area contributed by atoms with Crippen LogP contribution >= 0.6 is 11.6 Å². The van der Waals surface area contributed by atoms with Crippen molar-refractivity contribution >= 4 is 17.4 Å². The largest absolute Gasteiger partial charge is 0.415 e. The normalized spacial score (nSPS) is 14.1. The molecule has 0 saturated carbocycles. The van der Waals surface area contributed by atoms with Gasteiger partial charge in [-0.05, 0) is 23.8 Å². The quantitative estimate of drug-likeness (QED) is 0.347. The molecule has 4 heterocycles. The number of aromatic nitrogens is 6. The predicted octanol–water partition coefficient (Wildman–Crippen LogP) is 1.87. The molecule has 0 spiro atoms. The van der Waals surface area contributed by atoms with Crippen LogP contribution in [0.5, 0.6) is 5.88 Å². The van der Waals surface area contributed by atoms with Crippen LogP contribution in [0.1, 0.15) is 5.82 Å². The third-order valence-electron chi connectivity index (χ3n) is 5.98. The number of aliphatic hydroxyl groups is 1. The molecule has 1 aliphatic rings. The van der Waals surface area contributed by atoms with Gasteiger partial charge < -0.3 is 14.7 Å². The van der Waals surface area contributed by atoms with E-state index in [-0.39, 0.29) is 40.9 Å². The molecule has 40 heavy (non-hydrogen) atoms. The summed E-state index contributed by atoms with van der Waals surface area (Å²) in [5.41, 5.74) is -3.77. The van der Waals surface area contributed by atoms with E-state index in [9.17, 15) is 33.1 Å². The number of hydrogen-bond donors (Lipinski definition) is 1. The van der Waals surface area contributed by atoms with Crippen molar-refractivity contribution in [1.29, 1.82) is 5.26 Å². The number of ether oxygens (including phenoxy) is 1. The molecular formula is C24H16ClF3N8O4. The number of nitrogens with zero attached hydrogens (tertiary/aromatic N) is 8. The van der Waals surface area contributed by atoms with Gasteiger partial charge >= 0.3 is 12.3 Å². The molecule has 204 valence electrons. The molecule has 1 aromatic carbocycles. The third-order valence-corrected chi connectivity index (χ3v) is 6.27. The molecule has 1 fully saturated rings. The highest BCUT2D eigenvalue weighted by molar-refractivity contribution is 6.31. The summed E-state index contributed by atoms with van der Waals surface area (Å²) in [5, 5.41) is 20.3. The summed E-state index contributed by atoms with van der Waals surface area (Å²) in [6.45, 7) is -4.18. The molecule has 0 atom stereocenters. The smallest absolute Gasteiger partial charge is 0.388 e. The van der Waals surface area contributed by atoms with E-state index in [2.05, 4.69) is 24.7 Å². The first-order chi connectivity index (χ1) is 19.1. The average molecular weight is 573 g/mol. The number of halogens is 4. The predicted molar refractivity (Wildman–Crippen MR) is 133 cm³/mol. The van der Waals surface area contributed by atoms with Crippen molar-refractivity contribution in [3.8, 4) is 28.9 Å². The maximum absolute atomic E-state index is 14.0. The van der Waals surface area contributed by atoms with Crippen molar-refractivity contribution in [2.45, 2.75) is 18.8 Å². The van der Waals surface area contributed by atoms with E-state index in [1.165, 1.54) is 23.4 Å². The van der Waals surface area contributed by atoms with Crippen molar-refractivity contribution in [2.75, 3.05) is 18.0 Å². The van der Waals surface area contributed by atoms with Crippen LogP contribution in [-0.2, 0) is 12.1 Å². The molecule has 5 rings (SSSR count). The highest BCUT2D eigenvalue weighted by atomic mass is 35.5. The van der Waals surface area contributed by atoms with Crippen LogP contribution in [0.3, 0.4) is 0 Å². The molecule has 0 radical (unpaired) electrons. The van der Waals surface area contributed by atoms with Crippen LogP contribution in [0.15, 0.2) is 58.6 Å². The van der Waals surface area contributed by atoms with Crippen molar-refractivity contribution < 1.29 is 23.0 Å². The van der Waals surface area contributed by atoms with Crippen molar-refractivity contribution in [3.05, 3.63) is 86.6 Å². The van der Waals surface area contributed by atoms with Gasteiger partial charge in [0.05, 0.1) is 42.1 Å². The zero-order chi connectivity index (χ0) is 28.6. The number of anilines is 1. The fraction of sp³-hybridized carbons (Fsp3) is 0.208. The topological polar surface area (TPSA) is 152 Å². The fourth-order valence-electron chi connectivity index (χ4n) is 4.30. The summed E-state index contributed by atoms with van der Waals surface area (Å²) in [5.74, 6) is -1.90. The van der Waals surface area contributed by atoms with Gasteiger partial charge in [0.2, 0.25) is 5.88 Å². The standard InChI is InChI=1S/C24H16ClF3N8O4/c25-14-8-13(2-3-15(14)26)18-19(34-11-24(39,12-34)21-31-5-1-6-32-21)35(7-4-29)23(38)36(20(18)37)16-9-30-10-17(33-16)40-22(27)28/h1-3,5-6,8-10,22,39H,7,11-12H2. The van der Waals surface area contributed by atoms with E-state index in [1.807, 2.05) is 6.07 Å². The summed E-state index contributed by atoms with van der Waals surface area (Å²) < 4.78 is 45.3. The second-order valence-corrected chi connectivity index (χ2v) is 8.96. The second kappa shape index (κ2) is 10.4. The van der Waals surface area contributed by atoms with Gasteiger partial charge in [0, 0.05) is 12.4 Å². The van der Waals surface area contributed by atoms with E-state index >= 15 is 0 Å². The molecule has 1 N–H and O–H groups in total. The number of rotatable bonds is 7. The number of benzene rings is 1. The molecule has 0 amide bonds. The molecule has 1 saturated heterocycles. The lowest BCUT2D eigenvalue weighted by molar-refractivity contribution is -0.0531. The number of β-amino-alcohol motifs (C(OH)–C–C–N with tert-alkyl or cyclic N) is 1. The highest BCUT2D eigenvalue weighted by Crippen LogP contribution is 2.38. The van der Waals surface area contributed by atoms with Crippen LogP contribution in [0.2, 0.25) is 5.02 Å². The summed E-state index contributed by atoms with van der Waals surface area (Å²) in [4.78, 5) is 44.7. The summed E-state index contributed by atoms with van der Waals surface area (Å²) >= 11 is 5.99. The van der Waals surface area contributed by atoms with Crippen LogP contribution in [-0.4, -0.2) is 53.9 Å². The number of alkyl halides is 2. The van der Waals surface area contributed by atoms with Crippen molar-refractivity contribution in [1.82, 2.24) is 29.1 Å². The van der Waals surface area contributed by atoms with E-state index in [1.54, 1.807) is 6.07 Å². The van der Waals surface area contributed by atoms with E-state index in [4.69, 9.17) is 11.6 Å². The molecule has 1 aliphatic heterocycles. The van der Waals surface area contributed by atoms with Gasteiger partial charge in [-0.2, -0.15) is 19.0 Å². The Morgan fingerprint density at radius 1 is 1.20 bits per heavy atom. The Labute approximate surface area is 227 Å². The maximum Gasteiger partial charge on any atom is 0.388 e. The monoisotopic (exact) mass is 572 g/mol. The lowest BCUT2D eigenvalue weighted by Crippen LogP contribution is -2.62. The van der Waals surface area contributed by atoms with Crippen molar-refractivity contribution in [2.24, 2.45) is 0 Å². The van der Waals surface area contributed by atoms with Gasteiger partial charge in [-0.1, -0.05) is 17.7 Å². The molecule has 16 heteroatoms. The Morgan fingerprint density at radius 3 is 2.58 bits per heavy atom. The average Bonchev–Trinajstić information content (AvgIpc) is 2.90. The first-order valence-corrected chi connectivity index (χ1v) is 11.7. The van der Waals surface area contributed by atoms with E-state index in [0.29, 0.717) is 4.57 Å². The molecule has 3 aromatic heterocycles. The fourth-order valence-corrected chi connectivity index (χ4v) is 4.48. The molecule has 12 nitrogen and oxygen atoms in total. The Bertz CT molecular complexity index is 1750. The molecule has 4 aromatic rings. The Balaban J connectivity index is 1.75. The number of nitriles is 1. The van der Waals surface area contributed by atoms with Crippen LogP contribution < -0.4 is 20.9 Å². The molecule has 0 bridgehead atoms. The van der Waals surface area contributed by atoms with Gasteiger partial charge in [0.15, 0.2) is 17.2 Å². The minimum Gasteiger partial charge on any atom is -0.415 e. The van der Waals surface area contributed by atoms with Crippen LogP contribution in [0, 0.1) is 17.1 Å². The van der Waals surface area contributed by atoms with E-state index < -0.39 is 47.5 Å². The maximum atomic E-state index is 14.0. The lowest BCUT2D eigenvalue weighted by atomic mass is 9.92. The van der Waals surface area contributed by atoms with Crippen LogP contribution in [0.4, 0.5) is 19.0 Å².